The fourth-order valence-electron chi connectivity index (χ4n) is 2.42. The largest absolute Gasteiger partial charge is 0.343 e. The van der Waals surface area contributed by atoms with Crippen LogP contribution in [0.15, 0.2) is 0 Å². The van der Waals surface area contributed by atoms with E-state index in [0.717, 1.165) is 44.7 Å². The van der Waals surface area contributed by atoms with Crippen LogP contribution >= 0.6 is 0 Å². The number of piperidine rings is 1. The summed E-state index contributed by atoms with van der Waals surface area (Å²) in [7, 11) is 0. The maximum Gasteiger partial charge on any atom is 0.222 e. The van der Waals surface area contributed by atoms with Crippen molar-refractivity contribution < 1.29 is 4.79 Å². The first-order valence-corrected chi connectivity index (χ1v) is 6.29. The summed E-state index contributed by atoms with van der Waals surface area (Å²) in [6.07, 6.45) is 7.90. The van der Waals surface area contributed by atoms with Crippen molar-refractivity contribution in [2.75, 3.05) is 13.1 Å². The smallest absolute Gasteiger partial charge is 0.222 e. The van der Waals surface area contributed by atoms with E-state index < -0.39 is 0 Å². The Morgan fingerprint density at radius 2 is 1.87 bits per heavy atom. The van der Waals surface area contributed by atoms with Crippen molar-refractivity contribution in [3.63, 3.8) is 0 Å². The lowest BCUT2D eigenvalue weighted by molar-refractivity contribution is -0.132. The quantitative estimate of drug-likeness (QED) is 0.767. The van der Waals surface area contributed by atoms with E-state index in [1.807, 2.05) is 4.90 Å². The van der Waals surface area contributed by atoms with Gasteiger partial charge in [0.25, 0.3) is 0 Å². The van der Waals surface area contributed by atoms with Gasteiger partial charge in [0.2, 0.25) is 5.91 Å². The Morgan fingerprint density at radius 3 is 2.40 bits per heavy atom. The zero-order chi connectivity index (χ0) is 10.7. The topological polar surface area (TPSA) is 46.3 Å². The van der Waals surface area contributed by atoms with Gasteiger partial charge in [0, 0.05) is 25.6 Å². The second kappa shape index (κ2) is 4.97. The second-order valence-corrected chi connectivity index (χ2v) is 5.05. The molecule has 0 spiro atoms. The Balaban J connectivity index is 1.66. The third-order valence-corrected chi connectivity index (χ3v) is 3.88. The zero-order valence-electron chi connectivity index (χ0n) is 9.45. The number of carbonyl (C=O) groups is 1. The maximum absolute atomic E-state index is 11.8. The van der Waals surface area contributed by atoms with Crippen LogP contribution in [0.1, 0.15) is 44.9 Å². The van der Waals surface area contributed by atoms with Crippen LogP contribution in [0.5, 0.6) is 0 Å². The number of likely N-dealkylation sites (tertiary alicyclic amines) is 1. The van der Waals surface area contributed by atoms with E-state index >= 15 is 0 Å². The molecule has 86 valence electrons. The van der Waals surface area contributed by atoms with Gasteiger partial charge < -0.3 is 10.6 Å². The Kier molecular flexibility index (Phi) is 3.62. The highest BCUT2D eigenvalue weighted by Crippen LogP contribution is 2.30. The lowest BCUT2D eigenvalue weighted by atomic mass is 9.82. The third kappa shape index (κ3) is 2.94. The van der Waals surface area contributed by atoms with Crippen LogP contribution in [0.2, 0.25) is 0 Å². The van der Waals surface area contributed by atoms with E-state index in [2.05, 4.69) is 0 Å². The number of nitrogens with zero attached hydrogens (tertiary/aromatic N) is 1. The van der Waals surface area contributed by atoms with Crippen LogP contribution in [0, 0.1) is 5.92 Å². The fourth-order valence-corrected chi connectivity index (χ4v) is 2.42. The summed E-state index contributed by atoms with van der Waals surface area (Å²) < 4.78 is 0. The molecule has 0 radical (unpaired) electrons. The van der Waals surface area contributed by atoms with Crippen LogP contribution in [0.25, 0.3) is 0 Å². The Bertz CT molecular complexity index is 218. The molecule has 0 unspecified atom stereocenters. The minimum Gasteiger partial charge on any atom is -0.343 e. The summed E-state index contributed by atoms with van der Waals surface area (Å²) in [5, 5.41) is 0. The number of carbonyl (C=O) groups excluding carboxylic acids is 1. The molecular weight excluding hydrogens is 188 g/mol. The first kappa shape index (κ1) is 10.9. The van der Waals surface area contributed by atoms with Crippen molar-refractivity contribution in [1.82, 2.24) is 4.90 Å². The molecule has 2 N–H and O–H groups in total. The van der Waals surface area contributed by atoms with Crippen LogP contribution < -0.4 is 5.73 Å². The van der Waals surface area contributed by atoms with Gasteiger partial charge in [-0.1, -0.05) is 19.3 Å². The summed E-state index contributed by atoms with van der Waals surface area (Å²) in [4.78, 5) is 13.8. The van der Waals surface area contributed by atoms with Gasteiger partial charge in [-0.3, -0.25) is 4.79 Å². The van der Waals surface area contributed by atoms with Crippen molar-refractivity contribution in [1.29, 1.82) is 0 Å². The maximum atomic E-state index is 11.8. The predicted molar refractivity (Wildman–Crippen MR) is 60.4 cm³/mol. The normalized spacial score (nSPS) is 23.9. The third-order valence-electron chi connectivity index (χ3n) is 3.88. The van der Waals surface area contributed by atoms with Gasteiger partial charge >= 0.3 is 0 Å². The van der Waals surface area contributed by atoms with Gasteiger partial charge in [0.15, 0.2) is 0 Å². The number of hydrogen-bond donors (Lipinski definition) is 1. The molecule has 1 amide bonds. The van der Waals surface area contributed by atoms with Crippen molar-refractivity contribution in [2.45, 2.75) is 51.0 Å². The Morgan fingerprint density at radius 1 is 1.20 bits per heavy atom. The zero-order valence-corrected chi connectivity index (χ0v) is 9.45. The molecule has 2 fully saturated rings. The summed E-state index contributed by atoms with van der Waals surface area (Å²) in [5.74, 6) is 1.20. The van der Waals surface area contributed by atoms with Crippen LogP contribution in [0.3, 0.4) is 0 Å². The summed E-state index contributed by atoms with van der Waals surface area (Å²) >= 11 is 0. The first-order valence-electron chi connectivity index (χ1n) is 6.29. The molecular formula is C12H22N2O. The average Bonchev–Trinajstić information content (AvgIpc) is 2.16. The molecule has 1 saturated carbocycles. The highest BCUT2D eigenvalue weighted by Gasteiger charge is 2.23. The molecule has 1 heterocycles. The van der Waals surface area contributed by atoms with E-state index in [-0.39, 0.29) is 0 Å². The molecule has 3 heteroatoms. The van der Waals surface area contributed by atoms with Crippen LogP contribution in [0.4, 0.5) is 0 Å². The predicted octanol–water partition coefficient (Wildman–Crippen LogP) is 1.52. The Hall–Kier alpha value is -0.570. The number of nitrogens with two attached hydrogens (primary N) is 1. The van der Waals surface area contributed by atoms with Crippen molar-refractivity contribution in [3.8, 4) is 0 Å². The fraction of sp³-hybridized carbons (Fsp3) is 0.917. The summed E-state index contributed by atoms with van der Waals surface area (Å²) in [6.45, 7) is 1.76. The SMILES string of the molecule is NC1CCN(C(=O)CCC2CCC2)CC1. The number of rotatable bonds is 3. The lowest BCUT2D eigenvalue weighted by Gasteiger charge is -2.31. The lowest BCUT2D eigenvalue weighted by Crippen LogP contribution is -2.42. The van der Waals surface area contributed by atoms with E-state index in [4.69, 9.17) is 5.73 Å². The first-order chi connectivity index (χ1) is 7.25. The van der Waals surface area contributed by atoms with E-state index in [9.17, 15) is 4.79 Å². The van der Waals surface area contributed by atoms with Crippen molar-refractivity contribution >= 4 is 5.91 Å². The molecule has 0 atom stereocenters. The number of hydrogen-bond acceptors (Lipinski definition) is 2. The Labute approximate surface area is 92.0 Å². The van der Waals surface area contributed by atoms with Crippen molar-refractivity contribution in [3.05, 3.63) is 0 Å². The average molecular weight is 210 g/mol. The highest BCUT2D eigenvalue weighted by atomic mass is 16.2. The highest BCUT2D eigenvalue weighted by molar-refractivity contribution is 5.76. The molecule has 0 bridgehead atoms. The van der Waals surface area contributed by atoms with Crippen LogP contribution in [-0.4, -0.2) is 29.9 Å². The van der Waals surface area contributed by atoms with Crippen LogP contribution in [-0.2, 0) is 4.79 Å². The molecule has 0 aromatic rings. The van der Waals surface area contributed by atoms with E-state index in [1.54, 1.807) is 0 Å². The van der Waals surface area contributed by atoms with E-state index in [1.165, 1.54) is 19.3 Å². The van der Waals surface area contributed by atoms with Gasteiger partial charge in [0.1, 0.15) is 0 Å². The molecule has 15 heavy (non-hydrogen) atoms. The van der Waals surface area contributed by atoms with Gasteiger partial charge in [-0.2, -0.15) is 0 Å². The molecule has 1 saturated heterocycles. The minimum atomic E-state index is 0.320. The molecule has 2 rings (SSSR count). The molecule has 3 nitrogen and oxygen atoms in total. The standard InChI is InChI=1S/C12H22N2O/c13-11-6-8-14(9-7-11)12(15)5-4-10-2-1-3-10/h10-11H,1-9,13H2. The number of amides is 1. The summed E-state index contributed by atoms with van der Waals surface area (Å²) in [6, 6.07) is 0.320. The van der Waals surface area contributed by atoms with E-state index in [0.29, 0.717) is 11.9 Å². The van der Waals surface area contributed by atoms with Gasteiger partial charge in [-0.15, -0.1) is 0 Å². The molecule has 1 aliphatic carbocycles. The molecule has 1 aliphatic heterocycles. The molecule has 0 aromatic heterocycles. The van der Waals surface area contributed by atoms with Gasteiger partial charge in [-0.05, 0) is 25.2 Å². The second-order valence-electron chi connectivity index (χ2n) is 5.05. The summed E-state index contributed by atoms with van der Waals surface area (Å²) in [5.41, 5.74) is 5.81. The van der Waals surface area contributed by atoms with Crippen molar-refractivity contribution in [2.24, 2.45) is 11.7 Å². The van der Waals surface area contributed by atoms with Gasteiger partial charge in [-0.25, -0.2) is 0 Å². The molecule has 0 aromatic carbocycles. The van der Waals surface area contributed by atoms with Gasteiger partial charge in [0.05, 0.1) is 0 Å². The minimum absolute atomic E-state index is 0.320. The molecule has 2 aliphatic rings. The monoisotopic (exact) mass is 210 g/mol.